The second kappa shape index (κ2) is 5.00. The molecule has 1 atom stereocenters. The van der Waals surface area contributed by atoms with Crippen LogP contribution in [0.5, 0.6) is 0 Å². The van der Waals surface area contributed by atoms with Gasteiger partial charge in [0.25, 0.3) is 0 Å². The summed E-state index contributed by atoms with van der Waals surface area (Å²) in [5.41, 5.74) is 2.64. The second-order valence-corrected chi connectivity index (χ2v) is 5.04. The Labute approximate surface area is 102 Å². The van der Waals surface area contributed by atoms with Crippen LogP contribution in [0.4, 0.5) is 5.82 Å². The second-order valence-electron chi connectivity index (χ2n) is 5.04. The number of rotatable bonds is 2. The monoisotopic (exact) mass is 232 g/mol. The molecule has 92 valence electrons. The van der Waals surface area contributed by atoms with Gasteiger partial charge >= 0.3 is 0 Å². The number of aryl methyl sites for hydroxylation is 1. The quantitative estimate of drug-likeness (QED) is 0.759. The number of aromatic nitrogens is 2. The minimum absolute atomic E-state index is 0.539. The normalized spacial score (nSPS) is 24.1. The van der Waals surface area contributed by atoms with E-state index in [1.165, 1.54) is 36.9 Å². The van der Waals surface area contributed by atoms with Crippen LogP contribution in [0.15, 0.2) is 6.33 Å². The van der Waals surface area contributed by atoms with E-state index in [0.717, 1.165) is 31.7 Å². The summed E-state index contributed by atoms with van der Waals surface area (Å²) < 4.78 is 0. The first-order chi connectivity index (χ1) is 8.43. The molecule has 0 saturated carbocycles. The number of anilines is 1. The summed E-state index contributed by atoms with van der Waals surface area (Å²) in [7, 11) is 0. The lowest BCUT2D eigenvalue weighted by Crippen LogP contribution is -2.24. The molecule has 4 heteroatoms. The highest BCUT2D eigenvalue weighted by molar-refractivity contribution is 5.47. The zero-order valence-electron chi connectivity index (χ0n) is 10.2. The van der Waals surface area contributed by atoms with Gasteiger partial charge in [-0.1, -0.05) is 6.42 Å². The Morgan fingerprint density at radius 3 is 3.00 bits per heavy atom. The smallest absolute Gasteiger partial charge is 0.133 e. The van der Waals surface area contributed by atoms with E-state index >= 15 is 0 Å². The van der Waals surface area contributed by atoms with Crippen LogP contribution >= 0.6 is 0 Å². The fourth-order valence-corrected chi connectivity index (χ4v) is 2.79. The van der Waals surface area contributed by atoms with Gasteiger partial charge in [0.2, 0.25) is 0 Å². The molecule has 2 N–H and O–H groups in total. The Kier molecular flexibility index (Phi) is 3.22. The van der Waals surface area contributed by atoms with Crippen LogP contribution in [-0.2, 0) is 12.8 Å². The van der Waals surface area contributed by atoms with Crippen molar-refractivity contribution in [2.75, 3.05) is 18.4 Å². The highest BCUT2D eigenvalue weighted by Crippen LogP contribution is 2.24. The average Bonchev–Trinajstić information content (AvgIpc) is 2.73. The molecule has 1 aliphatic heterocycles. The molecule has 3 rings (SSSR count). The van der Waals surface area contributed by atoms with E-state index in [1.807, 2.05) is 0 Å². The molecule has 2 aliphatic rings. The topological polar surface area (TPSA) is 49.8 Å². The first-order valence-electron chi connectivity index (χ1n) is 6.73. The minimum Gasteiger partial charge on any atom is -0.366 e. The van der Waals surface area contributed by atoms with Gasteiger partial charge in [-0.05, 0) is 38.6 Å². The third-order valence-corrected chi connectivity index (χ3v) is 3.78. The van der Waals surface area contributed by atoms with Crippen molar-refractivity contribution in [2.45, 2.75) is 44.6 Å². The Balaban J connectivity index is 1.82. The van der Waals surface area contributed by atoms with E-state index in [4.69, 9.17) is 0 Å². The largest absolute Gasteiger partial charge is 0.366 e. The summed E-state index contributed by atoms with van der Waals surface area (Å²) in [6.07, 6.45) is 9.04. The van der Waals surface area contributed by atoms with Crippen molar-refractivity contribution < 1.29 is 0 Å². The third kappa shape index (κ3) is 2.41. The van der Waals surface area contributed by atoms with Crippen molar-refractivity contribution in [3.63, 3.8) is 0 Å². The van der Waals surface area contributed by atoms with Gasteiger partial charge in [-0.3, -0.25) is 0 Å². The lowest BCUT2D eigenvalue weighted by atomic mass is 10.1. The van der Waals surface area contributed by atoms with E-state index in [9.17, 15) is 0 Å². The summed E-state index contributed by atoms with van der Waals surface area (Å²) in [5, 5.41) is 6.96. The number of hydrogen-bond donors (Lipinski definition) is 2. The summed E-state index contributed by atoms with van der Waals surface area (Å²) in [6, 6.07) is 0.539. The molecule has 1 aromatic heterocycles. The molecule has 0 spiro atoms. The van der Waals surface area contributed by atoms with E-state index < -0.39 is 0 Å². The van der Waals surface area contributed by atoms with Crippen molar-refractivity contribution in [2.24, 2.45) is 0 Å². The van der Waals surface area contributed by atoms with Crippen LogP contribution in [0.1, 0.15) is 36.9 Å². The van der Waals surface area contributed by atoms with Crippen LogP contribution in [0.25, 0.3) is 0 Å². The van der Waals surface area contributed by atoms with Crippen LogP contribution in [-0.4, -0.2) is 29.1 Å². The van der Waals surface area contributed by atoms with Gasteiger partial charge in [0.1, 0.15) is 12.1 Å². The van der Waals surface area contributed by atoms with Crippen LogP contribution < -0.4 is 10.6 Å². The lowest BCUT2D eigenvalue weighted by molar-refractivity contribution is 0.708. The number of fused-ring (bicyclic) bond motifs is 1. The predicted molar refractivity (Wildman–Crippen MR) is 68.2 cm³/mol. The lowest BCUT2D eigenvalue weighted by Gasteiger charge is -2.16. The van der Waals surface area contributed by atoms with Crippen LogP contribution in [0, 0.1) is 0 Å². The Bertz CT molecular complexity index is 385. The van der Waals surface area contributed by atoms with E-state index in [-0.39, 0.29) is 0 Å². The first-order valence-corrected chi connectivity index (χ1v) is 6.73. The number of hydrogen-bond acceptors (Lipinski definition) is 4. The molecular formula is C13H20N4. The molecule has 4 nitrogen and oxygen atoms in total. The van der Waals surface area contributed by atoms with Crippen molar-refractivity contribution in [1.82, 2.24) is 15.3 Å². The summed E-state index contributed by atoms with van der Waals surface area (Å²) >= 11 is 0. The number of nitrogens with one attached hydrogen (secondary N) is 2. The number of nitrogens with zero attached hydrogens (tertiary/aromatic N) is 2. The summed E-state index contributed by atoms with van der Waals surface area (Å²) in [4.78, 5) is 8.89. The fourth-order valence-electron chi connectivity index (χ4n) is 2.79. The predicted octanol–water partition coefficient (Wildman–Crippen LogP) is 1.52. The van der Waals surface area contributed by atoms with Gasteiger partial charge < -0.3 is 10.6 Å². The molecule has 1 aromatic rings. The van der Waals surface area contributed by atoms with Crippen molar-refractivity contribution in [1.29, 1.82) is 0 Å². The molecule has 0 radical (unpaired) electrons. The maximum absolute atomic E-state index is 4.45. The standard InChI is InChI=1S/C13H20N4/c1-2-4-11-12(5-3-1)15-9-16-13(11)17-10-6-7-14-8-10/h9-10,14H,1-8H2,(H,15,16,17). The van der Waals surface area contributed by atoms with Crippen LogP contribution in [0.2, 0.25) is 0 Å². The fraction of sp³-hybridized carbons (Fsp3) is 0.692. The molecular weight excluding hydrogens is 212 g/mol. The molecule has 1 saturated heterocycles. The van der Waals surface area contributed by atoms with Gasteiger partial charge in [0.15, 0.2) is 0 Å². The van der Waals surface area contributed by atoms with Crippen molar-refractivity contribution >= 4 is 5.82 Å². The van der Waals surface area contributed by atoms with E-state index in [2.05, 4.69) is 20.6 Å². The molecule has 0 bridgehead atoms. The molecule has 0 aromatic carbocycles. The molecule has 1 aliphatic carbocycles. The molecule has 1 unspecified atom stereocenters. The van der Waals surface area contributed by atoms with Gasteiger partial charge in [0.05, 0.1) is 0 Å². The maximum atomic E-state index is 4.45. The van der Waals surface area contributed by atoms with Gasteiger partial charge in [0, 0.05) is 23.8 Å². The maximum Gasteiger partial charge on any atom is 0.133 e. The highest BCUT2D eigenvalue weighted by atomic mass is 15.1. The van der Waals surface area contributed by atoms with Gasteiger partial charge in [-0.15, -0.1) is 0 Å². The van der Waals surface area contributed by atoms with E-state index in [0.29, 0.717) is 6.04 Å². The highest BCUT2D eigenvalue weighted by Gasteiger charge is 2.19. The molecule has 17 heavy (non-hydrogen) atoms. The Morgan fingerprint density at radius 1 is 1.18 bits per heavy atom. The Hall–Kier alpha value is -1.16. The van der Waals surface area contributed by atoms with Crippen molar-refractivity contribution in [3.8, 4) is 0 Å². The Morgan fingerprint density at radius 2 is 2.12 bits per heavy atom. The van der Waals surface area contributed by atoms with E-state index in [1.54, 1.807) is 6.33 Å². The average molecular weight is 232 g/mol. The van der Waals surface area contributed by atoms with Crippen molar-refractivity contribution in [3.05, 3.63) is 17.6 Å². The summed E-state index contributed by atoms with van der Waals surface area (Å²) in [6.45, 7) is 2.17. The first kappa shape index (κ1) is 11.0. The molecule has 1 fully saturated rings. The SMILES string of the molecule is c1nc2c(c(NC3CCNC3)n1)CCCCC2. The van der Waals surface area contributed by atoms with Gasteiger partial charge in [-0.25, -0.2) is 9.97 Å². The van der Waals surface area contributed by atoms with Gasteiger partial charge in [-0.2, -0.15) is 0 Å². The minimum atomic E-state index is 0.539. The zero-order valence-corrected chi connectivity index (χ0v) is 10.2. The molecule has 2 heterocycles. The zero-order chi connectivity index (χ0) is 11.5. The third-order valence-electron chi connectivity index (χ3n) is 3.78. The molecule has 0 amide bonds. The summed E-state index contributed by atoms with van der Waals surface area (Å²) in [5.74, 6) is 1.09. The van der Waals surface area contributed by atoms with Crippen LogP contribution in [0.3, 0.4) is 0 Å².